The average Bonchev–Trinajstić information content (AvgIpc) is 2.96. The molecule has 0 aliphatic carbocycles. The molecule has 1 aromatic heterocycles. The zero-order valence-electron chi connectivity index (χ0n) is 9.20. The number of hydrogen-bond donors (Lipinski definition) is 1. The molecule has 1 fully saturated rings. The number of thiophene rings is 1. The average molecular weight is 251 g/mol. The van der Waals surface area contributed by atoms with E-state index in [1.54, 1.807) is 22.3 Å². The van der Waals surface area contributed by atoms with Crippen LogP contribution in [-0.4, -0.2) is 35.0 Å². The van der Waals surface area contributed by atoms with E-state index in [4.69, 9.17) is 5.11 Å². The van der Waals surface area contributed by atoms with E-state index in [1.165, 1.54) is 6.08 Å². The number of nitrogens with zero attached hydrogens (tertiary/aromatic N) is 1. The highest BCUT2D eigenvalue weighted by atomic mass is 32.1. The third-order valence-corrected chi connectivity index (χ3v) is 3.62. The summed E-state index contributed by atoms with van der Waals surface area (Å²) in [6.45, 7) is 0.855. The van der Waals surface area contributed by atoms with Crippen LogP contribution in [0.4, 0.5) is 0 Å². The lowest BCUT2D eigenvalue weighted by atomic mass is 10.1. The van der Waals surface area contributed by atoms with E-state index in [2.05, 4.69) is 0 Å². The normalized spacial score (nSPS) is 20.0. The van der Waals surface area contributed by atoms with Crippen molar-refractivity contribution >= 4 is 29.3 Å². The summed E-state index contributed by atoms with van der Waals surface area (Å²) in [6, 6.07) is 3.85. The van der Waals surface area contributed by atoms with Gasteiger partial charge in [-0.05, 0) is 23.9 Å². The molecular formula is C12H13NO3S. The Kier molecular flexibility index (Phi) is 3.58. The Labute approximate surface area is 103 Å². The number of amides is 1. The van der Waals surface area contributed by atoms with E-state index in [0.717, 1.165) is 4.88 Å². The first kappa shape index (κ1) is 11.9. The topological polar surface area (TPSA) is 57.6 Å². The number of carboxylic acids is 1. The maximum Gasteiger partial charge on any atom is 0.308 e. The Hall–Kier alpha value is -1.62. The quantitative estimate of drug-likeness (QED) is 0.832. The second-order valence-electron chi connectivity index (χ2n) is 3.96. The summed E-state index contributed by atoms with van der Waals surface area (Å²) in [5.74, 6) is -1.33. The minimum absolute atomic E-state index is 0.109. The Morgan fingerprint density at radius 1 is 1.53 bits per heavy atom. The summed E-state index contributed by atoms with van der Waals surface area (Å²) in [4.78, 5) is 25.1. The lowest BCUT2D eigenvalue weighted by Crippen LogP contribution is -2.28. The van der Waals surface area contributed by atoms with Crippen molar-refractivity contribution in [2.75, 3.05) is 13.1 Å². The molecule has 0 spiro atoms. The van der Waals surface area contributed by atoms with E-state index in [9.17, 15) is 9.59 Å². The lowest BCUT2D eigenvalue weighted by molar-refractivity contribution is -0.141. The minimum atomic E-state index is -0.817. The summed E-state index contributed by atoms with van der Waals surface area (Å²) < 4.78 is 0. The molecular weight excluding hydrogens is 238 g/mol. The molecule has 1 saturated heterocycles. The number of carboxylic acid groups (broad SMARTS) is 1. The number of aliphatic carboxylic acids is 1. The van der Waals surface area contributed by atoms with Crippen molar-refractivity contribution in [3.8, 4) is 0 Å². The highest BCUT2D eigenvalue weighted by Gasteiger charge is 2.29. The predicted molar refractivity (Wildman–Crippen MR) is 65.7 cm³/mol. The van der Waals surface area contributed by atoms with Crippen LogP contribution in [0.2, 0.25) is 0 Å². The molecule has 0 unspecified atom stereocenters. The van der Waals surface area contributed by atoms with Crippen LogP contribution in [-0.2, 0) is 9.59 Å². The van der Waals surface area contributed by atoms with Crippen molar-refractivity contribution < 1.29 is 14.7 Å². The fourth-order valence-corrected chi connectivity index (χ4v) is 2.42. The molecule has 5 heteroatoms. The van der Waals surface area contributed by atoms with Crippen LogP contribution in [0.1, 0.15) is 11.3 Å². The largest absolute Gasteiger partial charge is 0.481 e. The molecule has 0 bridgehead atoms. The highest BCUT2D eigenvalue weighted by molar-refractivity contribution is 7.10. The molecule has 1 aromatic rings. The van der Waals surface area contributed by atoms with Gasteiger partial charge < -0.3 is 10.0 Å². The Morgan fingerprint density at radius 2 is 2.35 bits per heavy atom. The molecule has 2 heterocycles. The van der Waals surface area contributed by atoms with Crippen molar-refractivity contribution in [3.05, 3.63) is 28.5 Å². The van der Waals surface area contributed by atoms with Gasteiger partial charge in [-0.25, -0.2) is 0 Å². The zero-order valence-corrected chi connectivity index (χ0v) is 10.0. The van der Waals surface area contributed by atoms with Crippen LogP contribution < -0.4 is 0 Å². The molecule has 17 heavy (non-hydrogen) atoms. The number of hydrogen-bond acceptors (Lipinski definition) is 3. The number of likely N-dealkylation sites (tertiary alicyclic amines) is 1. The van der Waals surface area contributed by atoms with Gasteiger partial charge in [0.2, 0.25) is 5.91 Å². The van der Waals surface area contributed by atoms with Crippen LogP contribution in [0, 0.1) is 5.92 Å². The number of carbonyl (C=O) groups excluding carboxylic acids is 1. The summed E-state index contributed by atoms with van der Waals surface area (Å²) in [6.07, 6.45) is 3.82. The van der Waals surface area contributed by atoms with E-state index in [-0.39, 0.29) is 5.91 Å². The van der Waals surface area contributed by atoms with Crippen LogP contribution in [0.25, 0.3) is 6.08 Å². The highest BCUT2D eigenvalue weighted by Crippen LogP contribution is 2.17. The molecule has 0 radical (unpaired) electrons. The Bertz CT molecular complexity index is 439. The van der Waals surface area contributed by atoms with E-state index >= 15 is 0 Å². The monoisotopic (exact) mass is 251 g/mol. The summed E-state index contributed by atoms with van der Waals surface area (Å²) in [5, 5.41) is 10.8. The van der Waals surface area contributed by atoms with Gasteiger partial charge in [-0.1, -0.05) is 6.07 Å². The van der Waals surface area contributed by atoms with Crippen molar-refractivity contribution in [1.29, 1.82) is 0 Å². The molecule has 1 N–H and O–H groups in total. The second kappa shape index (κ2) is 5.14. The molecule has 0 saturated carbocycles. The maximum atomic E-state index is 11.8. The fraction of sp³-hybridized carbons (Fsp3) is 0.333. The van der Waals surface area contributed by atoms with Gasteiger partial charge in [0, 0.05) is 24.0 Å². The van der Waals surface area contributed by atoms with Gasteiger partial charge in [0.25, 0.3) is 0 Å². The molecule has 1 amide bonds. The standard InChI is InChI=1S/C12H13NO3S/c14-11(4-3-10-2-1-7-17-10)13-6-5-9(8-13)12(15)16/h1-4,7,9H,5-6,8H2,(H,15,16)/b4-3+/t9-/m1/s1. The molecule has 0 aromatic carbocycles. The van der Waals surface area contributed by atoms with Gasteiger partial charge in [-0.3, -0.25) is 9.59 Å². The molecule has 4 nitrogen and oxygen atoms in total. The zero-order chi connectivity index (χ0) is 12.3. The van der Waals surface area contributed by atoms with Crippen LogP contribution in [0.15, 0.2) is 23.6 Å². The molecule has 1 aliphatic heterocycles. The molecule has 1 aliphatic rings. The third kappa shape index (κ3) is 2.94. The summed E-state index contributed by atoms with van der Waals surface area (Å²) in [7, 11) is 0. The minimum Gasteiger partial charge on any atom is -0.481 e. The van der Waals surface area contributed by atoms with Crippen LogP contribution in [0.5, 0.6) is 0 Å². The first-order chi connectivity index (χ1) is 8.16. The van der Waals surface area contributed by atoms with Crippen LogP contribution >= 0.6 is 11.3 Å². The fourth-order valence-electron chi connectivity index (χ4n) is 1.81. The van der Waals surface area contributed by atoms with Crippen LogP contribution in [0.3, 0.4) is 0 Å². The van der Waals surface area contributed by atoms with Crippen molar-refractivity contribution in [1.82, 2.24) is 4.90 Å². The van der Waals surface area contributed by atoms with Gasteiger partial charge in [-0.2, -0.15) is 0 Å². The van der Waals surface area contributed by atoms with Crippen molar-refractivity contribution in [3.63, 3.8) is 0 Å². The smallest absolute Gasteiger partial charge is 0.308 e. The Morgan fingerprint density at radius 3 is 2.94 bits per heavy atom. The van der Waals surface area contributed by atoms with Gasteiger partial charge in [-0.15, -0.1) is 11.3 Å². The maximum absolute atomic E-state index is 11.8. The lowest BCUT2D eigenvalue weighted by Gasteiger charge is -2.12. The molecule has 1 atom stereocenters. The first-order valence-corrected chi connectivity index (χ1v) is 6.28. The Balaban J connectivity index is 1.91. The van der Waals surface area contributed by atoms with Gasteiger partial charge >= 0.3 is 5.97 Å². The molecule has 2 rings (SSSR count). The van der Waals surface area contributed by atoms with Gasteiger partial charge in [0.1, 0.15) is 0 Å². The van der Waals surface area contributed by atoms with E-state index in [1.807, 2.05) is 17.5 Å². The summed E-state index contributed by atoms with van der Waals surface area (Å²) in [5.41, 5.74) is 0. The number of rotatable bonds is 3. The predicted octanol–water partition coefficient (Wildman–Crippen LogP) is 1.69. The van der Waals surface area contributed by atoms with E-state index in [0.29, 0.717) is 19.5 Å². The van der Waals surface area contributed by atoms with Crippen molar-refractivity contribution in [2.24, 2.45) is 5.92 Å². The van der Waals surface area contributed by atoms with E-state index < -0.39 is 11.9 Å². The SMILES string of the molecule is O=C(O)[C@@H]1CCN(C(=O)/C=C/c2cccs2)C1. The first-order valence-electron chi connectivity index (χ1n) is 5.40. The van der Waals surface area contributed by atoms with Gasteiger partial charge in [0.15, 0.2) is 0 Å². The number of carbonyl (C=O) groups is 2. The van der Waals surface area contributed by atoms with Crippen molar-refractivity contribution in [2.45, 2.75) is 6.42 Å². The third-order valence-electron chi connectivity index (χ3n) is 2.78. The second-order valence-corrected chi connectivity index (χ2v) is 4.94. The molecule has 90 valence electrons. The van der Waals surface area contributed by atoms with Gasteiger partial charge in [0.05, 0.1) is 5.92 Å². The summed E-state index contributed by atoms with van der Waals surface area (Å²) >= 11 is 1.56.